The number of carbonyl (C=O) groups excluding carboxylic acids is 1. The number of rotatable bonds is 7. The Morgan fingerprint density at radius 3 is 2.12 bits per heavy atom. The molecule has 1 atom stereocenters. The Morgan fingerprint density at radius 2 is 1.60 bits per heavy atom. The van der Waals surface area contributed by atoms with E-state index in [4.69, 9.17) is 9.47 Å². The van der Waals surface area contributed by atoms with Gasteiger partial charge < -0.3 is 9.47 Å². The summed E-state index contributed by atoms with van der Waals surface area (Å²) in [7, 11) is 0. The molecule has 2 aromatic carbocycles. The van der Waals surface area contributed by atoms with Crippen LogP contribution in [-0.4, -0.2) is 17.7 Å². The first-order valence-electron chi connectivity index (χ1n) is 8.48. The molecule has 3 nitrogen and oxygen atoms in total. The van der Waals surface area contributed by atoms with E-state index in [0.29, 0.717) is 6.42 Å². The average molecular weight is 338 g/mol. The molecule has 0 aliphatic rings. The highest BCUT2D eigenvalue weighted by atomic mass is 16.5. The molecule has 132 valence electrons. The summed E-state index contributed by atoms with van der Waals surface area (Å²) in [5.41, 5.74) is 3.13. The van der Waals surface area contributed by atoms with Crippen LogP contribution in [0.25, 0.3) is 11.1 Å². The summed E-state index contributed by atoms with van der Waals surface area (Å²) in [6, 6.07) is 16.5. The van der Waals surface area contributed by atoms with Crippen LogP contribution in [0, 0.1) is 6.92 Å². The van der Waals surface area contributed by atoms with E-state index < -0.39 is 11.6 Å². The molecule has 1 unspecified atom stereocenters. The van der Waals surface area contributed by atoms with E-state index in [0.717, 1.165) is 11.3 Å². The molecule has 0 heterocycles. The summed E-state index contributed by atoms with van der Waals surface area (Å²) in [6.45, 7) is 11.3. The smallest absolute Gasteiger partial charge is 0.330 e. The molecule has 0 N–H and O–H groups in total. The lowest BCUT2D eigenvalue weighted by molar-refractivity contribution is -0.144. The second-order valence-electron chi connectivity index (χ2n) is 6.91. The molecule has 25 heavy (non-hydrogen) atoms. The van der Waals surface area contributed by atoms with Crippen LogP contribution in [0.15, 0.2) is 61.2 Å². The SMILES string of the molecule is C=CC(=O)OC(C)CC(C)(C)Oc1ccc(-c2ccc(C)cc2)cc1. The van der Waals surface area contributed by atoms with Gasteiger partial charge in [0.05, 0.1) is 0 Å². The Labute approximate surface area is 150 Å². The van der Waals surface area contributed by atoms with Crippen molar-refractivity contribution in [2.45, 2.75) is 45.8 Å². The molecule has 0 radical (unpaired) electrons. The molecule has 0 bridgehead atoms. The summed E-state index contributed by atoms with van der Waals surface area (Å²) < 4.78 is 11.3. The van der Waals surface area contributed by atoms with Gasteiger partial charge in [-0.2, -0.15) is 0 Å². The molecule has 0 amide bonds. The van der Waals surface area contributed by atoms with Crippen molar-refractivity contribution in [3.05, 3.63) is 66.7 Å². The van der Waals surface area contributed by atoms with Crippen molar-refractivity contribution >= 4 is 5.97 Å². The molecule has 3 heteroatoms. The van der Waals surface area contributed by atoms with Crippen molar-refractivity contribution in [1.29, 1.82) is 0 Å². The van der Waals surface area contributed by atoms with Gasteiger partial charge in [-0.05, 0) is 51.0 Å². The highest BCUT2D eigenvalue weighted by molar-refractivity contribution is 5.81. The van der Waals surface area contributed by atoms with Crippen LogP contribution in [-0.2, 0) is 9.53 Å². The Hall–Kier alpha value is -2.55. The van der Waals surface area contributed by atoms with E-state index in [1.165, 1.54) is 17.2 Å². The molecule has 2 rings (SSSR count). The van der Waals surface area contributed by atoms with Crippen LogP contribution >= 0.6 is 0 Å². The molecule has 0 aliphatic carbocycles. The fourth-order valence-electron chi connectivity index (χ4n) is 2.80. The second kappa shape index (κ2) is 8.02. The number of hydrogen-bond acceptors (Lipinski definition) is 3. The summed E-state index contributed by atoms with van der Waals surface area (Å²) >= 11 is 0. The van der Waals surface area contributed by atoms with Crippen molar-refractivity contribution in [3.63, 3.8) is 0 Å². The van der Waals surface area contributed by atoms with Gasteiger partial charge in [-0.25, -0.2) is 4.79 Å². The summed E-state index contributed by atoms with van der Waals surface area (Å²) in [5, 5.41) is 0. The van der Waals surface area contributed by atoms with Gasteiger partial charge in [0, 0.05) is 12.5 Å². The predicted molar refractivity (Wildman–Crippen MR) is 102 cm³/mol. The van der Waals surface area contributed by atoms with Crippen LogP contribution in [0.3, 0.4) is 0 Å². The molecule has 0 fully saturated rings. The normalized spacial score (nSPS) is 12.3. The molecular weight excluding hydrogens is 312 g/mol. The van der Waals surface area contributed by atoms with Crippen LogP contribution in [0.2, 0.25) is 0 Å². The monoisotopic (exact) mass is 338 g/mol. The Bertz CT molecular complexity index is 712. The zero-order chi connectivity index (χ0) is 18.4. The summed E-state index contributed by atoms with van der Waals surface area (Å²) in [4.78, 5) is 11.3. The zero-order valence-corrected chi connectivity index (χ0v) is 15.4. The van der Waals surface area contributed by atoms with Crippen molar-refractivity contribution in [2.24, 2.45) is 0 Å². The number of hydrogen-bond donors (Lipinski definition) is 0. The molecule has 2 aromatic rings. The lowest BCUT2D eigenvalue weighted by atomic mass is 10.0. The molecular formula is C22H26O3. The third-order valence-corrected chi connectivity index (χ3v) is 3.90. The first-order valence-corrected chi connectivity index (χ1v) is 8.48. The van der Waals surface area contributed by atoms with Crippen molar-refractivity contribution < 1.29 is 14.3 Å². The van der Waals surface area contributed by atoms with Crippen LogP contribution in [0.4, 0.5) is 0 Å². The topological polar surface area (TPSA) is 35.5 Å². The molecule has 0 aromatic heterocycles. The maximum Gasteiger partial charge on any atom is 0.330 e. The lowest BCUT2D eigenvalue weighted by Gasteiger charge is -2.29. The lowest BCUT2D eigenvalue weighted by Crippen LogP contribution is -2.33. The third-order valence-electron chi connectivity index (χ3n) is 3.90. The zero-order valence-electron chi connectivity index (χ0n) is 15.4. The molecule has 0 saturated carbocycles. The maximum atomic E-state index is 11.3. The first-order chi connectivity index (χ1) is 11.8. The van der Waals surface area contributed by atoms with Crippen LogP contribution in [0.5, 0.6) is 5.75 Å². The standard InChI is InChI=1S/C22H26O3/c1-6-21(23)24-17(3)15-22(4,5)25-20-13-11-19(12-14-20)18-9-7-16(2)8-10-18/h6-14,17H,1,15H2,2-5H3. The van der Waals surface area contributed by atoms with Gasteiger partial charge in [-0.15, -0.1) is 0 Å². The number of benzene rings is 2. The van der Waals surface area contributed by atoms with E-state index >= 15 is 0 Å². The van der Waals surface area contributed by atoms with Crippen molar-refractivity contribution in [1.82, 2.24) is 0 Å². The predicted octanol–water partition coefficient (Wildman–Crippen LogP) is 5.33. The van der Waals surface area contributed by atoms with Gasteiger partial charge in [-0.1, -0.05) is 48.5 Å². The highest BCUT2D eigenvalue weighted by Crippen LogP contribution is 2.27. The van der Waals surface area contributed by atoms with Crippen LogP contribution in [0.1, 0.15) is 32.8 Å². The average Bonchev–Trinajstić information content (AvgIpc) is 2.55. The van der Waals surface area contributed by atoms with Gasteiger partial charge in [-0.3, -0.25) is 0 Å². The third kappa shape index (κ3) is 5.79. The Morgan fingerprint density at radius 1 is 1.08 bits per heavy atom. The van der Waals surface area contributed by atoms with E-state index in [1.54, 1.807) is 0 Å². The fraction of sp³-hybridized carbons (Fsp3) is 0.318. The maximum absolute atomic E-state index is 11.3. The quantitative estimate of drug-likeness (QED) is 0.506. The second-order valence-corrected chi connectivity index (χ2v) is 6.91. The van der Waals surface area contributed by atoms with E-state index in [1.807, 2.05) is 32.9 Å². The number of carbonyl (C=O) groups is 1. The summed E-state index contributed by atoms with van der Waals surface area (Å²) in [6.07, 6.45) is 1.52. The van der Waals surface area contributed by atoms with E-state index in [2.05, 4.69) is 49.9 Å². The molecule has 0 aliphatic heterocycles. The van der Waals surface area contributed by atoms with E-state index in [-0.39, 0.29) is 6.10 Å². The van der Waals surface area contributed by atoms with Gasteiger partial charge in [0.2, 0.25) is 0 Å². The Kier molecular flexibility index (Phi) is 6.02. The summed E-state index contributed by atoms with van der Waals surface area (Å²) in [5.74, 6) is 0.383. The number of aryl methyl sites for hydroxylation is 1. The minimum absolute atomic E-state index is 0.243. The molecule has 0 spiro atoms. The van der Waals surface area contributed by atoms with Gasteiger partial charge in [0.1, 0.15) is 17.5 Å². The Balaban J connectivity index is 2.00. The number of esters is 1. The fourth-order valence-corrected chi connectivity index (χ4v) is 2.80. The van der Waals surface area contributed by atoms with E-state index in [9.17, 15) is 4.79 Å². The highest BCUT2D eigenvalue weighted by Gasteiger charge is 2.24. The molecule has 0 saturated heterocycles. The van der Waals surface area contributed by atoms with Crippen molar-refractivity contribution in [3.8, 4) is 16.9 Å². The number of ether oxygens (including phenoxy) is 2. The minimum atomic E-state index is -0.452. The van der Waals surface area contributed by atoms with Gasteiger partial charge in [0.15, 0.2) is 0 Å². The van der Waals surface area contributed by atoms with Crippen molar-refractivity contribution in [2.75, 3.05) is 0 Å². The first kappa shape index (κ1) is 18.8. The van der Waals surface area contributed by atoms with Crippen LogP contribution < -0.4 is 4.74 Å². The van der Waals surface area contributed by atoms with Gasteiger partial charge in [0.25, 0.3) is 0 Å². The minimum Gasteiger partial charge on any atom is -0.488 e. The van der Waals surface area contributed by atoms with Gasteiger partial charge >= 0.3 is 5.97 Å². The largest absolute Gasteiger partial charge is 0.488 e.